The number of hydrogen-bond donors (Lipinski definition) is 0. The van der Waals surface area contributed by atoms with Gasteiger partial charge in [0.25, 0.3) is 0 Å². The van der Waals surface area contributed by atoms with Crippen LogP contribution in [0.1, 0.15) is 50.1 Å². The van der Waals surface area contributed by atoms with Gasteiger partial charge in [0.2, 0.25) is 0 Å². The van der Waals surface area contributed by atoms with Gasteiger partial charge >= 0.3 is 0 Å². The van der Waals surface area contributed by atoms with E-state index in [0.29, 0.717) is 0 Å². The van der Waals surface area contributed by atoms with Gasteiger partial charge in [0, 0.05) is 39.1 Å². The first kappa shape index (κ1) is 47.7. The minimum Gasteiger partial charge on any atom is -0.455 e. The molecule has 0 atom stereocenters. The number of rotatable bonds is 10. The Morgan fingerprint density at radius 1 is 0.329 bits per heavy atom. The fourth-order valence-corrected chi connectivity index (χ4v) is 12.9. The van der Waals surface area contributed by atoms with Gasteiger partial charge in [0.05, 0.1) is 22.2 Å². The molecular formula is C76H58N2O. The second-order valence-corrected chi connectivity index (χ2v) is 21.5. The highest BCUT2D eigenvalue weighted by molar-refractivity contribution is 6.23. The van der Waals surface area contributed by atoms with E-state index in [4.69, 9.17) is 4.42 Å². The molecule has 0 unspecified atom stereocenters. The maximum Gasteiger partial charge on any atom is 0.145 e. The Balaban J connectivity index is 1.12. The number of aryl methyl sites for hydroxylation is 5. The fraction of sp³-hybridized carbons (Fsp3) is 0.0789. The largest absolute Gasteiger partial charge is 0.455 e. The zero-order valence-electron chi connectivity index (χ0n) is 45.1. The molecule has 0 spiro atoms. The molecule has 1 aromatic heterocycles. The van der Waals surface area contributed by atoms with Crippen LogP contribution in [0.3, 0.4) is 0 Å². The molecule has 12 aromatic carbocycles. The van der Waals surface area contributed by atoms with Gasteiger partial charge in [-0.2, -0.15) is 0 Å². The monoisotopic (exact) mass is 1010 g/mol. The number of para-hydroxylation sites is 1. The molecule has 3 nitrogen and oxygen atoms in total. The van der Waals surface area contributed by atoms with Gasteiger partial charge in [-0.05, 0) is 173 Å². The van der Waals surface area contributed by atoms with Crippen LogP contribution in [-0.4, -0.2) is 0 Å². The second kappa shape index (κ2) is 19.1. The predicted octanol–water partition coefficient (Wildman–Crippen LogP) is 20.9. The number of furan rings is 1. The third-order valence-corrected chi connectivity index (χ3v) is 16.7. The predicted molar refractivity (Wildman–Crippen MR) is 332 cm³/mol. The van der Waals surface area contributed by atoms with E-state index >= 15 is 0 Å². The molecule has 0 bridgehead atoms. The summed E-state index contributed by atoms with van der Waals surface area (Å²) in [5.74, 6) is 0. The van der Waals surface area contributed by atoms with Crippen molar-refractivity contribution in [2.75, 3.05) is 9.80 Å². The number of nitrogens with zero attached hydrogens (tertiary/aromatic N) is 2. The summed E-state index contributed by atoms with van der Waals surface area (Å²) in [5, 5.41) is 4.45. The van der Waals surface area contributed by atoms with Crippen LogP contribution < -0.4 is 9.80 Å². The molecule has 1 aliphatic carbocycles. The van der Waals surface area contributed by atoms with Crippen LogP contribution in [0.15, 0.2) is 265 Å². The van der Waals surface area contributed by atoms with E-state index < -0.39 is 5.41 Å². The van der Waals surface area contributed by atoms with Crippen molar-refractivity contribution in [3.05, 3.63) is 311 Å². The Morgan fingerprint density at radius 3 is 1.39 bits per heavy atom. The van der Waals surface area contributed by atoms with Gasteiger partial charge in [-0.3, -0.25) is 0 Å². The summed E-state index contributed by atoms with van der Waals surface area (Å²) in [4.78, 5) is 4.96. The van der Waals surface area contributed by atoms with E-state index in [9.17, 15) is 0 Å². The molecule has 0 N–H and O–H groups in total. The second-order valence-electron chi connectivity index (χ2n) is 21.5. The zero-order chi connectivity index (χ0) is 53.4. The zero-order valence-corrected chi connectivity index (χ0v) is 45.1. The normalized spacial score (nSPS) is 12.5. The van der Waals surface area contributed by atoms with Crippen molar-refractivity contribution in [2.24, 2.45) is 0 Å². The molecule has 79 heavy (non-hydrogen) atoms. The van der Waals surface area contributed by atoms with Crippen molar-refractivity contribution in [2.45, 2.75) is 40.0 Å². The molecular weight excluding hydrogens is 957 g/mol. The standard InChI is InChI=1S/C76H58N2O/c1-49-32-39-58(40-33-49)77(59-43-36-54(37-44-59)61-26-14-12-20-51(61)3)69-47-66-72(64-29-17-16-28-63(64)69)74-67(76(66,56-22-8-6-9-23-56)57-24-10-7-11-25-57)48-70(73-65-30-18-19-31-71(65)79-75(73)74)78(60-41-34-50(2)35-42-60)68-45-38-55(46-53(68)5)62-27-15-13-21-52(62)4/h6-48H,1-5H3. The van der Waals surface area contributed by atoms with Crippen molar-refractivity contribution in [1.82, 2.24) is 0 Å². The van der Waals surface area contributed by atoms with Crippen molar-refractivity contribution in [1.29, 1.82) is 0 Å². The molecule has 0 radical (unpaired) electrons. The summed E-state index contributed by atoms with van der Waals surface area (Å²) < 4.78 is 7.51. The summed E-state index contributed by atoms with van der Waals surface area (Å²) in [6.45, 7) is 11.0. The van der Waals surface area contributed by atoms with Gasteiger partial charge in [-0.15, -0.1) is 0 Å². The molecule has 0 aliphatic heterocycles. The van der Waals surface area contributed by atoms with Crippen LogP contribution in [-0.2, 0) is 5.41 Å². The van der Waals surface area contributed by atoms with E-state index in [1.54, 1.807) is 0 Å². The van der Waals surface area contributed by atoms with Gasteiger partial charge in [0.15, 0.2) is 0 Å². The molecule has 378 valence electrons. The molecule has 1 aliphatic rings. The number of anilines is 6. The van der Waals surface area contributed by atoms with Gasteiger partial charge in [0.1, 0.15) is 11.2 Å². The summed E-state index contributed by atoms with van der Waals surface area (Å²) in [7, 11) is 0. The van der Waals surface area contributed by atoms with Crippen molar-refractivity contribution < 1.29 is 4.42 Å². The summed E-state index contributed by atoms with van der Waals surface area (Å²) in [5.41, 5.74) is 25.3. The highest BCUT2D eigenvalue weighted by atomic mass is 16.3. The third-order valence-electron chi connectivity index (χ3n) is 16.7. The Hall–Kier alpha value is -9.70. The number of benzene rings is 12. The molecule has 0 saturated heterocycles. The number of hydrogen-bond acceptors (Lipinski definition) is 3. The van der Waals surface area contributed by atoms with Gasteiger partial charge < -0.3 is 14.2 Å². The molecule has 0 fully saturated rings. The van der Waals surface area contributed by atoms with Crippen molar-refractivity contribution in [3.63, 3.8) is 0 Å². The Bertz CT molecular complexity index is 4420. The minimum atomic E-state index is -0.829. The van der Waals surface area contributed by atoms with E-state index in [1.165, 1.54) is 77.9 Å². The third kappa shape index (κ3) is 7.71. The van der Waals surface area contributed by atoms with Crippen LogP contribution in [0, 0.1) is 34.6 Å². The van der Waals surface area contributed by atoms with Crippen LogP contribution in [0.2, 0.25) is 0 Å². The Kier molecular flexibility index (Phi) is 11.5. The van der Waals surface area contributed by atoms with E-state index in [1.807, 2.05) is 0 Å². The maximum atomic E-state index is 7.51. The quantitative estimate of drug-likeness (QED) is 0.136. The first-order valence-electron chi connectivity index (χ1n) is 27.5. The molecule has 1 heterocycles. The topological polar surface area (TPSA) is 19.6 Å². The van der Waals surface area contributed by atoms with Crippen molar-refractivity contribution >= 4 is 66.8 Å². The van der Waals surface area contributed by atoms with Crippen LogP contribution >= 0.6 is 0 Å². The first-order chi connectivity index (χ1) is 38.8. The average Bonchev–Trinajstić information content (AvgIpc) is 3.42. The minimum absolute atomic E-state index is 0.829. The summed E-state index contributed by atoms with van der Waals surface area (Å²) >= 11 is 0. The SMILES string of the molecule is Cc1ccc(N(c2ccc(-c3ccccc3C)cc2)c2cc3c(c4ccccc24)-c2c(cc(N(c4ccc(C)cc4)c4ccc(-c5ccccc5C)cc4C)c4c2oc2ccccc24)C3(c2ccccc2)c2ccccc2)cc1. The Labute approximate surface area is 462 Å². The lowest BCUT2D eigenvalue weighted by molar-refractivity contribution is 0.669. The van der Waals surface area contributed by atoms with Crippen LogP contribution in [0.25, 0.3) is 66.1 Å². The van der Waals surface area contributed by atoms with E-state index in [2.05, 4.69) is 305 Å². The lowest BCUT2D eigenvalue weighted by Gasteiger charge is -2.36. The molecule has 0 saturated carbocycles. The smallest absolute Gasteiger partial charge is 0.145 e. The molecule has 13 aromatic rings. The molecule has 0 amide bonds. The first-order valence-corrected chi connectivity index (χ1v) is 27.5. The molecule has 14 rings (SSSR count). The highest BCUT2D eigenvalue weighted by Crippen LogP contribution is 2.63. The Morgan fingerprint density at radius 2 is 0.797 bits per heavy atom. The van der Waals surface area contributed by atoms with E-state index in [0.717, 1.165) is 72.4 Å². The summed E-state index contributed by atoms with van der Waals surface area (Å²) in [6.07, 6.45) is 0. The lowest BCUT2D eigenvalue weighted by Crippen LogP contribution is -2.29. The van der Waals surface area contributed by atoms with Crippen LogP contribution in [0.4, 0.5) is 34.1 Å². The molecule has 3 heteroatoms. The van der Waals surface area contributed by atoms with Gasteiger partial charge in [-0.25, -0.2) is 0 Å². The fourth-order valence-electron chi connectivity index (χ4n) is 12.9. The van der Waals surface area contributed by atoms with Crippen LogP contribution in [0.5, 0.6) is 0 Å². The maximum absolute atomic E-state index is 7.51. The summed E-state index contributed by atoms with van der Waals surface area (Å²) in [6, 6.07) is 96.5. The lowest BCUT2D eigenvalue weighted by atomic mass is 9.67. The highest BCUT2D eigenvalue weighted by Gasteiger charge is 2.50. The van der Waals surface area contributed by atoms with Crippen molar-refractivity contribution in [3.8, 4) is 33.4 Å². The average molecular weight is 1020 g/mol. The van der Waals surface area contributed by atoms with E-state index in [-0.39, 0.29) is 0 Å². The van der Waals surface area contributed by atoms with Gasteiger partial charge in [-0.1, -0.05) is 205 Å². The number of fused-ring (bicyclic) bond motifs is 9.